The van der Waals surface area contributed by atoms with E-state index in [9.17, 15) is 0 Å². The Morgan fingerprint density at radius 1 is 1.00 bits per heavy atom. The van der Waals surface area contributed by atoms with Crippen molar-refractivity contribution in [1.29, 1.82) is 0 Å². The zero-order valence-electron chi connectivity index (χ0n) is 13.2. The van der Waals surface area contributed by atoms with Crippen LogP contribution in [-0.2, 0) is 11.8 Å². The van der Waals surface area contributed by atoms with E-state index in [-0.39, 0.29) is 5.41 Å². The summed E-state index contributed by atoms with van der Waals surface area (Å²) in [5.74, 6) is 0. The predicted molar refractivity (Wildman–Crippen MR) is 85.6 cm³/mol. The van der Waals surface area contributed by atoms with Crippen molar-refractivity contribution in [3.8, 4) is 0 Å². The quantitative estimate of drug-likeness (QED) is 0.699. The van der Waals surface area contributed by atoms with Gasteiger partial charge in [-0.15, -0.1) is 0 Å². The van der Waals surface area contributed by atoms with Gasteiger partial charge in [-0.3, -0.25) is 0 Å². The van der Waals surface area contributed by atoms with Crippen LogP contribution in [0.25, 0.3) is 0 Å². The maximum absolute atomic E-state index is 6.21. The molecule has 0 aromatic heterocycles. The lowest BCUT2D eigenvalue weighted by molar-refractivity contribution is 0.545. The van der Waals surface area contributed by atoms with E-state index in [1.165, 1.54) is 36.8 Å². The zero-order valence-corrected chi connectivity index (χ0v) is 13.2. The van der Waals surface area contributed by atoms with E-state index >= 15 is 0 Å². The molecule has 0 spiro atoms. The molecule has 0 saturated carbocycles. The standard InChI is InChI=1S/C18H31N/c1-5-6-7-8-9-17(19)14-15-10-12-16(13-11-15)18(2,3)4/h10-13,17H,5-9,14,19H2,1-4H3. The first-order valence-electron chi connectivity index (χ1n) is 7.78. The molecule has 0 aliphatic carbocycles. The monoisotopic (exact) mass is 261 g/mol. The number of nitrogens with two attached hydrogens (primary N) is 1. The topological polar surface area (TPSA) is 26.0 Å². The fourth-order valence-corrected chi connectivity index (χ4v) is 2.38. The summed E-state index contributed by atoms with van der Waals surface area (Å²) in [4.78, 5) is 0. The summed E-state index contributed by atoms with van der Waals surface area (Å²) >= 11 is 0. The number of rotatable bonds is 7. The highest BCUT2D eigenvalue weighted by molar-refractivity contribution is 5.27. The Bertz CT molecular complexity index is 345. The Balaban J connectivity index is 2.40. The predicted octanol–water partition coefficient (Wildman–Crippen LogP) is 4.82. The van der Waals surface area contributed by atoms with E-state index in [1.54, 1.807) is 0 Å². The molecule has 1 heteroatoms. The summed E-state index contributed by atoms with van der Waals surface area (Å²) in [6.07, 6.45) is 7.40. The van der Waals surface area contributed by atoms with Gasteiger partial charge in [0.05, 0.1) is 0 Å². The van der Waals surface area contributed by atoms with Crippen molar-refractivity contribution in [2.75, 3.05) is 0 Å². The molecule has 1 atom stereocenters. The van der Waals surface area contributed by atoms with Crippen molar-refractivity contribution < 1.29 is 0 Å². The second-order valence-corrected chi connectivity index (χ2v) is 6.76. The second-order valence-electron chi connectivity index (χ2n) is 6.76. The van der Waals surface area contributed by atoms with Crippen molar-refractivity contribution in [3.05, 3.63) is 35.4 Å². The molecule has 19 heavy (non-hydrogen) atoms. The largest absolute Gasteiger partial charge is 0.327 e. The van der Waals surface area contributed by atoms with Crippen LogP contribution in [0.2, 0.25) is 0 Å². The molecular formula is C18H31N. The average Bonchev–Trinajstić information content (AvgIpc) is 2.34. The van der Waals surface area contributed by atoms with Crippen LogP contribution in [0.4, 0.5) is 0 Å². The first kappa shape index (κ1) is 16.2. The van der Waals surface area contributed by atoms with Crippen LogP contribution in [0, 0.1) is 0 Å². The van der Waals surface area contributed by atoms with E-state index in [4.69, 9.17) is 5.73 Å². The first-order valence-corrected chi connectivity index (χ1v) is 7.78. The van der Waals surface area contributed by atoms with Gasteiger partial charge in [-0.05, 0) is 29.4 Å². The van der Waals surface area contributed by atoms with Crippen LogP contribution in [0.5, 0.6) is 0 Å². The summed E-state index contributed by atoms with van der Waals surface area (Å²) in [6.45, 7) is 9.00. The molecular weight excluding hydrogens is 230 g/mol. The molecule has 1 aromatic carbocycles. The molecule has 0 heterocycles. The molecule has 0 aliphatic rings. The van der Waals surface area contributed by atoms with Gasteiger partial charge in [0.2, 0.25) is 0 Å². The van der Waals surface area contributed by atoms with Gasteiger partial charge in [0.1, 0.15) is 0 Å². The second kappa shape index (κ2) is 7.69. The average molecular weight is 261 g/mol. The molecule has 1 rings (SSSR count). The molecule has 2 N–H and O–H groups in total. The number of unbranched alkanes of at least 4 members (excludes halogenated alkanes) is 3. The lowest BCUT2D eigenvalue weighted by Gasteiger charge is -2.19. The summed E-state index contributed by atoms with van der Waals surface area (Å²) in [5, 5.41) is 0. The molecule has 0 bridgehead atoms. The van der Waals surface area contributed by atoms with Gasteiger partial charge in [-0.25, -0.2) is 0 Å². The minimum atomic E-state index is 0.237. The van der Waals surface area contributed by atoms with Gasteiger partial charge in [-0.1, -0.05) is 77.6 Å². The Morgan fingerprint density at radius 2 is 1.63 bits per heavy atom. The zero-order chi connectivity index (χ0) is 14.3. The molecule has 0 aliphatic heterocycles. The van der Waals surface area contributed by atoms with Gasteiger partial charge >= 0.3 is 0 Å². The van der Waals surface area contributed by atoms with Crippen molar-refractivity contribution >= 4 is 0 Å². The molecule has 0 saturated heterocycles. The van der Waals surface area contributed by atoms with Crippen molar-refractivity contribution in [3.63, 3.8) is 0 Å². The van der Waals surface area contributed by atoms with Gasteiger partial charge in [0, 0.05) is 6.04 Å². The van der Waals surface area contributed by atoms with Crippen molar-refractivity contribution in [1.82, 2.24) is 0 Å². The Kier molecular flexibility index (Phi) is 6.57. The lowest BCUT2D eigenvalue weighted by Crippen LogP contribution is -2.22. The third kappa shape index (κ3) is 6.24. The molecule has 1 unspecified atom stereocenters. The van der Waals surface area contributed by atoms with E-state index in [0.29, 0.717) is 6.04 Å². The van der Waals surface area contributed by atoms with Crippen LogP contribution >= 0.6 is 0 Å². The summed E-state index contributed by atoms with van der Waals surface area (Å²) in [7, 11) is 0. The molecule has 0 fully saturated rings. The molecule has 1 aromatic rings. The fourth-order valence-electron chi connectivity index (χ4n) is 2.38. The van der Waals surface area contributed by atoms with E-state index in [0.717, 1.165) is 12.8 Å². The van der Waals surface area contributed by atoms with Gasteiger partial charge in [0.25, 0.3) is 0 Å². The highest BCUT2D eigenvalue weighted by atomic mass is 14.6. The highest BCUT2D eigenvalue weighted by Gasteiger charge is 2.13. The summed E-state index contributed by atoms with van der Waals surface area (Å²) in [6, 6.07) is 9.30. The number of hydrogen-bond donors (Lipinski definition) is 1. The minimum Gasteiger partial charge on any atom is -0.327 e. The fraction of sp³-hybridized carbons (Fsp3) is 0.667. The number of benzene rings is 1. The maximum atomic E-state index is 6.21. The molecule has 0 radical (unpaired) electrons. The Labute approximate surface area is 119 Å². The van der Waals surface area contributed by atoms with E-state index in [1.807, 2.05) is 0 Å². The van der Waals surface area contributed by atoms with Crippen LogP contribution in [0.3, 0.4) is 0 Å². The highest BCUT2D eigenvalue weighted by Crippen LogP contribution is 2.22. The Morgan fingerprint density at radius 3 is 2.16 bits per heavy atom. The Hall–Kier alpha value is -0.820. The van der Waals surface area contributed by atoms with Gasteiger partial charge in [-0.2, -0.15) is 0 Å². The third-order valence-corrected chi connectivity index (χ3v) is 3.75. The molecule has 1 nitrogen and oxygen atoms in total. The minimum absolute atomic E-state index is 0.237. The summed E-state index contributed by atoms with van der Waals surface area (Å²) in [5.41, 5.74) is 9.22. The van der Waals surface area contributed by atoms with Crippen LogP contribution in [0.15, 0.2) is 24.3 Å². The van der Waals surface area contributed by atoms with Gasteiger partial charge < -0.3 is 5.73 Å². The third-order valence-electron chi connectivity index (χ3n) is 3.75. The lowest BCUT2D eigenvalue weighted by atomic mass is 9.86. The molecule has 108 valence electrons. The first-order chi connectivity index (χ1) is 8.93. The van der Waals surface area contributed by atoms with Crippen LogP contribution in [-0.4, -0.2) is 6.04 Å². The van der Waals surface area contributed by atoms with Crippen molar-refractivity contribution in [2.24, 2.45) is 5.73 Å². The SMILES string of the molecule is CCCCCCC(N)Cc1ccc(C(C)(C)C)cc1. The van der Waals surface area contributed by atoms with E-state index in [2.05, 4.69) is 52.0 Å². The van der Waals surface area contributed by atoms with Crippen molar-refractivity contribution in [2.45, 2.75) is 77.7 Å². The maximum Gasteiger partial charge on any atom is 0.00793 e. The van der Waals surface area contributed by atoms with Crippen LogP contribution in [0.1, 0.15) is 70.9 Å². The smallest absolute Gasteiger partial charge is 0.00793 e. The van der Waals surface area contributed by atoms with Crippen LogP contribution < -0.4 is 5.73 Å². The van der Waals surface area contributed by atoms with Gasteiger partial charge in [0.15, 0.2) is 0 Å². The molecule has 0 amide bonds. The normalized spacial score (nSPS) is 13.5. The summed E-state index contributed by atoms with van der Waals surface area (Å²) < 4.78 is 0. The number of hydrogen-bond acceptors (Lipinski definition) is 1. The van der Waals surface area contributed by atoms with E-state index < -0.39 is 0 Å².